The van der Waals surface area contributed by atoms with Crippen molar-refractivity contribution in [1.82, 2.24) is 10.6 Å². The first-order valence-electron chi connectivity index (χ1n) is 7.69. The molecule has 1 aliphatic heterocycles. The Labute approximate surface area is 133 Å². The fourth-order valence-electron chi connectivity index (χ4n) is 3.11. The Morgan fingerprint density at radius 2 is 2.36 bits per heavy atom. The summed E-state index contributed by atoms with van der Waals surface area (Å²) in [6.07, 6.45) is 3.41. The van der Waals surface area contributed by atoms with Gasteiger partial charge < -0.3 is 15.7 Å². The predicted molar refractivity (Wildman–Crippen MR) is 85.5 cm³/mol. The third kappa shape index (κ3) is 3.55. The fourth-order valence-corrected chi connectivity index (χ4v) is 4.40. The van der Waals surface area contributed by atoms with E-state index in [9.17, 15) is 14.3 Å². The Bertz CT molecular complexity index is 561. The van der Waals surface area contributed by atoms with Gasteiger partial charge in [-0.2, -0.15) is 11.8 Å². The first kappa shape index (κ1) is 15.6. The van der Waals surface area contributed by atoms with Crippen LogP contribution in [-0.4, -0.2) is 34.8 Å². The van der Waals surface area contributed by atoms with Crippen LogP contribution in [0.25, 0.3) is 0 Å². The molecule has 1 heterocycles. The van der Waals surface area contributed by atoms with E-state index in [0.717, 1.165) is 36.1 Å². The van der Waals surface area contributed by atoms with Gasteiger partial charge >= 0.3 is 6.03 Å². The number of hydrogen-bond acceptors (Lipinski definition) is 3. The average molecular weight is 324 g/mol. The molecule has 120 valence electrons. The zero-order chi connectivity index (χ0) is 15.6. The summed E-state index contributed by atoms with van der Waals surface area (Å²) in [5.41, 5.74) is 1.18. The maximum atomic E-state index is 13.4. The smallest absolute Gasteiger partial charge is 0.315 e. The molecule has 1 fully saturated rings. The highest BCUT2D eigenvalue weighted by Crippen LogP contribution is 2.30. The zero-order valence-electron chi connectivity index (χ0n) is 12.4. The van der Waals surface area contributed by atoms with Crippen molar-refractivity contribution in [3.63, 3.8) is 0 Å². The Morgan fingerprint density at radius 1 is 1.50 bits per heavy atom. The number of aryl methyl sites for hydroxylation is 1. The van der Waals surface area contributed by atoms with E-state index in [2.05, 4.69) is 10.6 Å². The lowest BCUT2D eigenvalue weighted by Crippen LogP contribution is -2.47. The van der Waals surface area contributed by atoms with Crippen molar-refractivity contribution in [2.24, 2.45) is 0 Å². The van der Waals surface area contributed by atoms with E-state index in [0.29, 0.717) is 12.2 Å². The van der Waals surface area contributed by atoms with E-state index >= 15 is 0 Å². The monoisotopic (exact) mass is 324 g/mol. The van der Waals surface area contributed by atoms with Gasteiger partial charge in [0.1, 0.15) is 5.82 Å². The number of halogens is 1. The van der Waals surface area contributed by atoms with Crippen molar-refractivity contribution < 1.29 is 14.3 Å². The minimum atomic E-state index is -0.793. The van der Waals surface area contributed by atoms with E-state index in [1.54, 1.807) is 17.8 Å². The number of benzene rings is 1. The highest BCUT2D eigenvalue weighted by Gasteiger charge is 2.32. The molecule has 4 nitrogen and oxygen atoms in total. The Hall–Kier alpha value is -1.27. The van der Waals surface area contributed by atoms with E-state index in [1.165, 1.54) is 12.1 Å². The highest BCUT2D eigenvalue weighted by atomic mass is 32.2. The van der Waals surface area contributed by atoms with Crippen LogP contribution in [0.1, 0.15) is 36.4 Å². The summed E-state index contributed by atoms with van der Waals surface area (Å²) in [4.78, 5) is 12.1. The quantitative estimate of drug-likeness (QED) is 0.800. The molecule has 3 rings (SSSR count). The first-order valence-corrected chi connectivity index (χ1v) is 8.84. The summed E-state index contributed by atoms with van der Waals surface area (Å²) in [5, 5.41) is 15.9. The van der Waals surface area contributed by atoms with Gasteiger partial charge in [-0.25, -0.2) is 9.18 Å². The van der Waals surface area contributed by atoms with Crippen molar-refractivity contribution >= 4 is 17.8 Å². The molecule has 3 N–H and O–H groups in total. The summed E-state index contributed by atoms with van der Waals surface area (Å²) in [6.45, 7) is 0.258. The van der Waals surface area contributed by atoms with Crippen molar-refractivity contribution in [1.29, 1.82) is 0 Å². The van der Waals surface area contributed by atoms with Gasteiger partial charge in [0, 0.05) is 12.3 Å². The maximum absolute atomic E-state index is 13.4. The van der Waals surface area contributed by atoms with Gasteiger partial charge in [-0.1, -0.05) is 6.07 Å². The summed E-state index contributed by atoms with van der Waals surface area (Å²) in [6, 6.07) is 4.32. The number of rotatable bonds is 3. The number of hydrogen-bond donors (Lipinski definition) is 3. The number of amides is 2. The van der Waals surface area contributed by atoms with E-state index in [-0.39, 0.29) is 24.4 Å². The molecule has 1 aromatic carbocycles. The van der Waals surface area contributed by atoms with Crippen LogP contribution in [0.15, 0.2) is 18.2 Å². The number of aliphatic hydroxyl groups is 1. The molecule has 2 amide bonds. The molecule has 0 bridgehead atoms. The Kier molecular flexibility index (Phi) is 4.59. The van der Waals surface area contributed by atoms with Crippen LogP contribution >= 0.6 is 11.8 Å². The molecular formula is C16H21FN2O2S. The number of thioether (sulfide) groups is 1. The molecule has 1 aliphatic carbocycles. The minimum Gasteiger partial charge on any atom is -0.387 e. The Balaban J connectivity index is 1.59. The third-order valence-corrected chi connectivity index (χ3v) is 5.62. The standard InChI is InChI=1S/C16H21FN2O2S/c17-12-5-4-11-2-1-3-14(13(11)8-12)19-15(20)18-9-16(21)6-7-22-10-16/h4-5,8,14,21H,1-3,6-7,9-10H2,(H2,18,19,20). The van der Waals surface area contributed by atoms with Gasteiger partial charge in [0.05, 0.1) is 11.6 Å². The van der Waals surface area contributed by atoms with Crippen molar-refractivity contribution in [2.45, 2.75) is 37.3 Å². The van der Waals surface area contributed by atoms with Gasteiger partial charge in [-0.3, -0.25) is 0 Å². The number of fused-ring (bicyclic) bond motifs is 1. The molecule has 1 aromatic rings. The molecule has 0 radical (unpaired) electrons. The van der Waals surface area contributed by atoms with Crippen LogP contribution in [0.4, 0.5) is 9.18 Å². The molecule has 0 spiro atoms. The molecule has 0 aromatic heterocycles. The topological polar surface area (TPSA) is 61.4 Å². The molecule has 2 atom stereocenters. The normalized spacial score (nSPS) is 27.3. The molecule has 2 unspecified atom stereocenters. The SMILES string of the molecule is O=C(NCC1(O)CCSC1)NC1CCCc2ccc(F)cc21. The fraction of sp³-hybridized carbons (Fsp3) is 0.562. The number of carbonyl (C=O) groups is 1. The largest absolute Gasteiger partial charge is 0.387 e. The summed E-state index contributed by atoms with van der Waals surface area (Å²) < 4.78 is 13.4. The van der Waals surface area contributed by atoms with Gasteiger partial charge in [0.2, 0.25) is 0 Å². The minimum absolute atomic E-state index is 0.160. The van der Waals surface area contributed by atoms with Crippen molar-refractivity contribution in [3.05, 3.63) is 35.1 Å². The van der Waals surface area contributed by atoms with Crippen LogP contribution in [-0.2, 0) is 6.42 Å². The van der Waals surface area contributed by atoms with Gasteiger partial charge in [-0.05, 0) is 54.7 Å². The maximum Gasteiger partial charge on any atom is 0.315 e. The van der Waals surface area contributed by atoms with E-state index in [4.69, 9.17) is 0 Å². The highest BCUT2D eigenvalue weighted by molar-refractivity contribution is 7.99. The average Bonchev–Trinajstić information content (AvgIpc) is 2.93. The lowest BCUT2D eigenvalue weighted by Gasteiger charge is -2.27. The Morgan fingerprint density at radius 3 is 3.14 bits per heavy atom. The second-order valence-electron chi connectivity index (χ2n) is 6.14. The lowest BCUT2D eigenvalue weighted by molar-refractivity contribution is 0.0698. The van der Waals surface area contributed by atoms with Crippen LogP contribution in [0, 0.1) is 5.82 Å². The van der Waals surface area contributed by atoms with Crippen LogP contribution in [0.2, 0.25) is 0 Å². The molecule has 2 aliphatic rings. The molecule has 1 saturated heterocycles. The van der Waals surface area contributed by atoms with Crippen LogP contribution < -0.4 is 10.6 Å². The lowest BCUT2D eigenvalue weighted by atomic mass is 9.87. The van der Waals surface area contributed by atoms with Crippen LogP contribution in [0.3, 0.4) is 0 Å². The number of nitrogens with one attached hydrogen (secondary N) is 2. The first-order chi connectivity index (χ1) is 10.6. The van der Waals surface area contributed by atoms with E-state index < -0.39 is 5.60 Å². The molecule has 6 heteroatoms. The van der Waals surface area contributed by atoms with Gasteiger partial charge in [0.25, 0.3) is 0 Å². The van der Waals surface area contributed by atoms with Gasteiger partial charge in [-0.15, -0.1) is 0 Å². The molecule has 22 heavy (non-hydrogen) atoms. The van der Waals surface area contributed by atoms with Crippen LogP contribution in [0.5, 0.6) is 0 Å². The summed E-state index contributed by atoms with van der Waals surface area (Å²) >= 11 is 1.70. The molecule has 0 saturated carbocycles. The van der Waals surface area contributed by atoms with E-state index in [1.807, 2.05) is 0 Å². The number of carbonyl (C=O) groups excluding carboxylic acids is 1. The second-order valence-corrected chi connectivity index (χ2v) is 7.25. The predicted octanol–water partition coefficient (Wildman–Crippen LogP) is 2.37. The van der Waals surface area contributed by atoms with Crippen molar-refractivity contribution in [2.75, 3.05) is 18.1 Å². The summed E-state index contributed by atoms with van der Waals surface area (Å²) in [5.74, 6) is 1.31. The third-order valence-electron chi connectivity index (χ3n) is 4.39. The summed E-state index contributed by atoms with van der Waals surface area (Å²) in [7, 11) is 0. The number of urea groups is 1. The van der Waals surface area contributed by atoms with Crippen molar-refractivity contribution in [3.8, 4) is 0 Å². The van der Waals surface area contributed by atoms with Gasteiger partial charge in [0.15, 0.2) is 0 Å². The second kappa shape index (κ2) is 6.46. The molecular weight excluding hydrogens is 303 g/mol. The zero-order valence-corrected chi connectivity index (χ0v) is 13.2.